The van der Waals surface area contributed by atoms with Crippen LogP contribution in [0.15, 0.2) is 20.5 Å². The fraction of sp³-hybridized carbons (Fsp3) is 0.364. The minimum absolute atomic E-state index is 0.0585. The molecule has 0 aromatic carbocycles. The Labute approximate surface area is 127 Å². The number of hydrogen-bond donors (Lipinski definition) is 2. The van der Waals surface area contributed by atoms with Gasteiger partial charge in [-0.05, 0) is 57.3 Å². The van der Waals surface area contributed by atoms with E-state index in [1.807, 2.05) is 4.68 Å². The average molecular weight is 394 g/mol. The Morgan fingerprint density at radius 2 is 2.28 bits per heavy atom. The number of aryl methyl sites for hydroxylation is 2. The van der Waals surface area contributed by atoms with E-state index in [1.54, 1.807) is 17.5 Å². The van der Waals surface area contributed by atoms with Crippen LogP contribution in [0.25, 0.3) is 0 Å². The van der Waals surface area contributed by atoms with Crippen LogP contribution < -0.4 is 11.3 Å². The molecule has 0 fully saturated rings. The summed E-state index contributed by atoms with van der Waals surface area (Å²) in [6.45, 7) is 4.95. The molecule has 4 nitrogen and oxygen atoms in total. The molecule has 0 saturated heterocycles. The third-order valence-corrected chi connectivity index (χ3v) is 5.55. The fourth-order valence-electron chi connectivity index (χ4n) is 1.83. The second-order valence-corrected chi connectivity index (χ2v) is 7.15. The van der Waals surface area contributed by atoms with Gasteiger partial charge in [0.15, 0.2) is 0 Å². The zero-order valence-electron chi connectivity index (χ0n) is 10.1. The Balaban J connectivity index is 2.47. The van der Waals surface area contributed by atoms with Crippen molar-refractivity contribution in [2.24, 2.45) is 5.84 Å². The summed E-state index contributed by atoms with van der Waals surface area (Å²) in [5, 5.41) is 4.32. The van der Waals surface area contributed by atoms with Gasteiger partial charge in [-0.2, -0.15) is 5.10 Å². The molecule has 98 valence electrons. The topological polar surface area (TPSA) is 55.9 Å². The first-order valence-corrected chi connectivity index (χ1v) is 7.91. The monoisotopic (exact) mass is 392 g/mol. The molecule has 0 amide bonds. The van der Waals surface area contributed by atoms with E-state index < -0.39 is 0 Å². The van der Waals surface area contributed by atoms with Crippen molar-refractivity contribution in [1.29, 1.82) is 0 Å². The van der Waals surface area contributed by atoms with Crippen LogP contribution >= 0.6 is 43.2 Å². The zero-order valence-corrected chi connectivity index (χ0v) is 14.1. The summed E-state index contributed by atoms with van der Waals surface area (Å²) in [5.74, 6) is 5.73. The van der Waals surface area contributed by atoms with Crippen LogP contribution in [0.3, 0.4) is 0 Å². The number of nitrogens with one attached hydrogen (secondary N) is 1. The summed E-state index contributed by atoms with van der Waals surface area (Å²) in [4.78, 5) is 1.16. The van der Waals surface area contributed by atoms with Gasteiger partial charge in [0.2, 0.25) is 0 Å². The van der Waals surface area contributed by atoms with Crippen molar-refractivity contribution in [3.05, 3.63) is 36.7 Å². The molecule has 0 bridgehead atoms. The molecule has 1 unspecified atom stereocenters. The molecule has 1 atom stereocenters. The van der Waals surface area contributed by atoms with E-state index in [1.165, 1.54) is 5.56 Å². The Morgan fingerprint density at radius 1 is 1.56 bits per heavy atom. The lowest BCUT2D eigenvalue weighted by Gasteiger charge is -2.16. The summed E-state index contributed by atoms with van der Waals surface area (Å²) < 4.78 is 4.04. The lowest BCUT2D eigenvalue weighted by molar-refractivity contribution is 0.546. The molecule has 2 heterocycles. The second-order valence-electron chi connectivity index (χ2n) is 3.90. The minimum Gasteiger partial charge on any atom is -0.270 e. The first-order chi connectivity index (χ1) is 8.58. The largest absolute Gasteiger partial charge is 0.270 e. The highest BCUT2D eigenvalue weighted by atomic mass is 79.9. The van der Waals surface area contributed by atoms with E-state index in [9.17, 15) is 0 Å². The van der Waals surface area contributed by atoms with E-state index in [-0.39, 0.29) is 6.04 Å². The molecule has 2 aromatic heterocycles. The first-order valence-electron chi connectivity index (χ1n) is 5.51. The lowest BCUT2D eigenvalue weighted by atomic mass is 10.1. The van der Waals surface area contributed by atoms with Gasteiger partial charge in [0.1, 0.15) is 0 Å². The highest BCUT2D eigenvalue weighted by Gasteiger charge is 2.22. The van der Waals surface area contributed by atoms with Crippen molar-refractivity contribution in [2.45, 2.75) is 26.4 Å². The molecule has 0 aliphatic rings. The van der Waals surface area contributed by atoms with Gasteiger partial charge >= 0.3 is 0 Å². The van der Waals surface area contributed by atoms with E-state index in [0.717, 1.165) is 25.4 Å². The summed E-state index contributed by atoms with van der Waals surface area (Å²) in [6, 6.07) is 2.08. The first kappa shape index (κ1) is 14.2. The standard InChI is InChI=1S/C11H14Br2N4S/c1-3-17-10(7(12)5-15-17)9(16-14)8-4-6(2)11(13)18-8/h4-5,9,16H,3,14H2,1-2H3. The highest BCUT2D eigenvalue weighted by Crippen LogP contribution is 2.36. The van der Waals surface area contributed by atoms with Gasteiger partial charge in [0.05, 0.1) is 26.2 Å². The number of rotatable bonds is 4. The maximum Gasteiger partial charge on any atom is 0.0981 e. The highest BCUT2D eigenvalue weighted by molar-refractivity contribution is 9.11. The molecular formula is C11H14Br2N4S. The smallest absolute Gasteiger partial charge is 0.0981 e. The van der Waals surface area contributed by atoms with Gasteiger partial charge in [-0.3, -0.25) is 10.5 Å². The summed E-state index contributed by atoms with van der Waals surface area (Å²) in [6.07, 6.45) is 1.80. The molecule has 0 radical (unpaired) electrons. The van der Waals surface area contributed by atoms with Crippen molar-refractivity contribution in [1.82, 2.24) is 15.2 Å². The van der Waals surface area contributed by atoms with Crippen LogP contribution in [0.1, 0.15) is 29.1 Å². The fourth-order valence-corrected chi connectivity index (χ4v) is 3.99. The Morgan fingerprint density at radius 3 is 2.78 bits per heavy atom. The van der Waals surface area contributed by atoms with E-state index in [4.69, 9.17) is 5.84 Å². The molecule has 18 heavy (non-hydrogen) atoms. The summed E-state index contributed by atoms with van der Waals surface area (Å²) >= 11 is 8.77. The number of thiophene rings is 1. The van der Waals surface area contributed by atoms with Gasteiger partial charge < -0.3 is 0 Å². The van der Waals surface area contributed by atoms with E-state index in [0.29, 0.717) is 0 Å². The molecule has 2 rings (SSSR count). The number of nitrogens with two attached hydrogens (primary N) is 1. The van der Waals surface area contributed by atoms with E-state index in [2.05, 4.69) is 62.3 Å². The Bertz CT molecular complexity index is 530. The normalized spacial score (nSPS) is 12.9. The van der Waals surface area contributed by atoms with Crippen molar-refractivity contribution in [3.63, 3.8) is 0 Å². The third kappa shape index (κ3) is 2.55. The van der Waals surface area contributed by atoms with Gasteiger partial charge in [0.25, 0.3) is 0 Å². The molecular weight excluding hydrogens is 380 g/mol. The maximum absolute atomic E-state index is 5.73. The molecule has 2 aromatic rings. The maximum atomic E-state index is 5.73. The SMILES string of the molecule is CCn1ncc(Br)c1C(NN)c1cc(C)c(Br)s1. The van der Waals surface area contributed by atoms with Crippen LogP contribution in [0.4, 0.5) is 0 Å². The van der Waals surface area contributed by atoms with Crippen LogP contribution in [-0.2, 0) is 6.54 Å². The van der Waals surface area contributed by atoms with Crippen molar-refractivity contribution in [3.8, 4) is 0 Å². The minimum atomic E-state index is -0.0585. The second kappa shape index (κ2) is 5.83. The van der Waals surface area contributed by atoms with Crippen LogP contribution in [0.2, 0.25) is 0 Å². The molecule has 0 saturated carbocycles. The number of aromatic nitrogens is 2. The lowest BCUT2D eigenvalue weighted by Crippen LogP contribution is -2.30. The van der Waals surface area contributed by atoms with Gasteiger partial charge in [0, 0.05) is 11.4 Å². The van der Waals surface area contributed by atoms with Crippen LogP contribution in [-0.4, -0.2) is 9.78 Å². The number of halogens is 2. The van der Waals surface area contributed by atoms with Gasteiger partial charge in [-0.25, -0.2) is 5.43 Å². The Hall–Kier alpha value is -0.210. The van der Waals surface area contributed by atoms with Crippen molar-refractivity contribution >= 4 is 43.2 Å². The number of hydrogen-bond acceptors (Lipinski definition) is 4. The van der Waals surface area contributed by atoms with Crippen LogP contribution in [0, 0.1) is 6.92 Å². The van der Waals surface area contributed by atoms with E-state index >= 15 is 0 Å². The molecule has 0 spiro atoms. The summed E-state index contributed by atoms with van der Waals surface area (Å²) in [5.41, 5.74) is 5.14. The predicted octanol–water partition coefficient (Wildman–Crippen LogP) is 3.35. The van der Waals surface area contributed by atoms with Crippen molar-refractivity contribution in [2.75, 3.05) is 0 Å². The average Bonchev–Trinajstić information content (AvgIpc) is 2.86. The van der Waals surface area contributed by atoms with Crippen molar-refractivity contribution < 1.29 is 0 Å². The Kier molecular flexibility index (Phi) is 4.60. The molecule has 3 N–H and O–H groups in total. The number of hydrazine groups is 1. The number of nitrogens with zero attached hydrogens (tertiary/aromatic N) is 2. The third-order valence-electron chi connectivity index (χ3n) is 2.73. The molecule has 0 aliphatic carbocycles. The zero-order chi connectivity index (χ0) is 13.3. The van der Waals surface area contributed by atoms with Gasteiger partial charge in [-0.1, -0.05) is 0 Å². The van der Waals surface area contributed by atoms with Crippen LogP contribution in [0.5, 0.6) is 0 Å². The summed E-state index contributed by atoms with van der Waals surface area (Å²) in [7, 11) is 0. The molecule has 0 aliphatic heterocycles. The predicted molar refractivity (Wildman–Crippen MR) is 81.5 cm³/mol. The molecule has 7 heteroatoms. The quantitative estimate of drug-likeness (QED) is 0.618. The van der Waals surface area contributed by atoms with Gasteiger partial charge in [-0.15, -0.1) is 11.3 Å².